The molecule has 0 amide bonds. The quantitative estimate of drug-likeness (QED) is 0.765. The highest BCUT2D eigenvalue weighted by Gasteiger charge is 2.06. The number of aromatic nitrogens is 3. The van der Waals surface area contributed by atoms with Crippen LogP contribution in [0.1, 0.15) is 6.42 Å². The maximum Gasteiger partial charge on any atom is 0.279 e. The molecule has 19 heavy (non-hydrogen) atoms. The Balaban J connectivity index is 2.08. The van der Waals surface area contributed by atoms with Crippen LogP contribution < -0.4 is 10.9 Å². The van der Waals surface area contributed by atoms with Crippen molar-refractivity contribution in [3.8, 4) is 11.3 Å². The number of hydrogen-bond acceptors (Lipinski definition) is 5. The molecule has 1 aromatic carbocycles. The lowest BCUT2D eigenvalue weighted by Gasteiger charge is -2.04. The summed E-state index contributed by atoms with van der Waals surface area (Å²) in [6.45, 7) is 1.33. The molecular formula is C13H16N4O2. The van der Waals surface area contributed by atoms with E-state index in [1.807, 2.05) is 30.3 Å². The number of methoxy groups -OCH3 is 1. The Morgan fingerprint density at radius 2 is 2.05 bits per heavy atom. The Labute approximate surface area is 110 Å². The van der Waals surface area contributed by atoms with Gasteiger partial charge in [-0.05, 0) is 6.42 Å². The molecule has 0 aliphatic heterocycles. The highest BCUT2D eigenvalue weighted by atomic mass is 16.5. The maximum absolute atomic E-state index is 11.9. The molecule has 0 saturated heterocycles. The van der Waals surface area contributed by atoms with Gasteiger partial charge in [-0.1, -0.05) is 30.3 Å². The second-order valence-electron chi connectivity index (χ2n) is 3.99. The number of ether oxygens (including phenoxy) is 1. The molecule has 0 aliphatic carbocycles. The molecule has 0 spiro atoms. The van der Waals surface area contributed by atoms with Crippen LogP contribution in [0.3, 0.4) is 0 Å². The molecule has 1 heterocycles. The fourth-order valence-electron chi connectivity index (χ4n) is 1.62. The standard InChI is InChI=1S/C13H16N4O2/c1-19-9-5-8-14-13-15-12(18)11(16-17-13)10-6-3-2-4-7-10/h2-4,6-7H,5,8-9H2,1H3,(H2,14,15,17,18). The van der Waals surface area contributed by atoms with E-state index in [1.165, 1.54) is 0 Å². The lowest BCUT2D eigenvalue weighted by molar-refractivity contribution is 0.197. The highest BCUT2D eigenvalue weighted by molar-refractivity contribution is 5.57. The molecule has 6 nitrogen and oxygen atoms in total. The van der Waals surface area contributed by atoms with E-state index in [1.54, 1.807) is 7.11 Å². The van der Waals surface area contributed by atoms with Gasteiger partial charge in [-0.3, -0.25) is 9.78 Å². The number of aromatic amines is 1. The van der Waals surface area contributed by atoms with E-state index < -0.39 is 0 Å². The number of nitrogens with one attached hydrogen (secondary N) is 2. The van der Waals surface area contributed by atoms with Crippen LogP contribution in [0, 0.1) is 0 Å². The average molecular weight is 260 g/mol. The topological polar surface area (TPSA) is 79.9 Å². The third kappa shape index (κ3) is 3.62. The number of nitrogens with zero attached hydrogens (tertiary/aromatic N) is 2. The van der Waals surface area contributed by atoms with E-state index in [9.17, 15) is 4.79 Å². The molecule has 0 atom stereocenters. The smallest absolute Gasteiger partial charge is 0.279 e. The zero-order valence-corrected chi connectivity index (χ0v) is 10.7. The van der Waals surface area contributed by atoms with Crippen LogP contribution in [0.4, 0.5) is 5.95 Å². The van der Waals surface area contributed by atoms with Crippen molar-refractivity contribution in [3.63, 3.8) is 0 Å². The lowest BCUT2D eigenvalue weighted by atomic mass is 10.2. The fourth-order valence-corrected chi connectivity index (χ4v) is 1.62. The molecular weight excluding hydrogens is 244 g/mol. The first-order valence-corrected chi connectivity index (χ1v) is 6.06. The monoisotopic (exact) mass is 260 g/mol. The zero-order valence-electron chi connectivity index (χ0n) is 10.7. The first kappa shape index (κ1) is 13.2. The minimum absolute atomic E-state index is 0.254. The van der Waals surface area contributed by atoms with Gasteiger partial charge in [-0.15, -0.1) is 10.2 Å². The van der Waals surface area contributed by atoms with Crippen molar-refractivity contribution in [3.05, 3.63) is 40.7 Å². The number of anilines is 1. The van der Waals surface area contributed by atoms with Gasteiger partial charge in [0.15, 0.2) is 5.69 Å². The van der Waals surface area contributed by atoms with Crippen molar-refractivity contribution >= 4 is 5.95 Å². The van der Waals surface area contributed by atoms with Crippen molar-refractivity contribution in [2.45, 2.75) is 6.42 Å². The molecule has 0 aliphatic rings. The second kappa shape index (κ2) is 6.65. The molecule has 0 unspecified atom stereocenters. The Kier molecular flexibility index (Phi) is 4.63. The van der Waals surface area contributed by atoms with Crippen molar-refractivity contribution in [2.75, 3.05) is 25.6 Å². The first-order chi connectivity index (χ1) is 9.31. The van der Waals surface area contributed by atoms with Crippen LogP contribution in [0.25, 0.3) is 11.3 Å². The van der Waals surface area contributed by atoms with Crippen molar-refractivity contribution < 1.29 is 4.74 Å². The van der Waals surface area contributed by atoms with E-state index in [-0.39, 0.29) is 5.56 Å². The molecule has 6 heteroatoms. The number of benzene rings is 1. The lowest BCUT2D eigenvalue weighted by Crippen LogP contribution is -2.17. The average Bonchev–Trinajstić information content (AvgIpc) is 2.45. The van der Waals surface area contributed by atoms with Crippen LogP contribution in [-0.4, -0.2) is 35.4 Å². The summed E-state index contributed by atoms with van der Waals surface area (Å²) in [7, 11) is 1.65. The summed E-state index contributed by atoms with van der Waals surface area (Å²) < 4.78 is 4.93. The van der Waals surface area contributed by atoms with Crippen molar-refractivity contribution in [1.82, 2.24) is 15.2 Å². The molecule has 2 rings (SSSR count). The van der Waals surface area contributed by atoms with Gasteiger partial charge in [0.1, 0.15) is 0 Å². The zero-order chi connectivity index (χ0) is 13.5. The number of hydrogen-bond donors (Lipinski definition) is 2. The summed E-state index contributed by atoms with van der Waals surface area (Å²) in [6.07, 6.45) is 0.834. The van der Waals surface area contributed by atoms with Crippen molar-refractivity contribution in [1.29, 1.82) is 0 Å². The number of rotatable bonds is 6. The molecule has 1 aromatic heterocycles. The summed E-state index contributed by atoms with van der Waals surface area (Å²) in [5, 5.41) is 10.9. The largest absolute Gasteiger partial charge is 0.385 e. The Hall–Kier alpha value is -2.21. The molecule has 0 bridgehead atoms. The van der Waals surface area contributed by atoms with Gasteiger partial charge < -0.3 is 10.1 Å². The fraction of sp³-hybridized carbons (Fsp3) is 0.308. The molecule has 0 radical (unpaired) electrons. The van der Waals surface area contributed by atoms with E-state index in [2.05, 4.69) is 20.5 Å². The van der Waals surface area contributed by atoms with Gasteiger partial charge in [0, 0.05) is 25.8 Å². The van der Waals surface area contributed by atoms with Crippen LogP contribution in [0.15, 0.2) is 35.1 Å². The Morgan fingerprint density at radius 3 is 2.74 bits per heavy atom. The van der Waals surface area contributed by atoms with Crippen molar-refractivity contribution in [2.24, 2.45) is 0 Å². The third-order valence-electron chi connectivity index (χ3n) is 2.56. The van der Waals surface area contributed by atoms with Gasteiger partial charge in [-0.2, -0.15) is 0 Å². The normalized spacial score (nSPS) is 10.4. The van der Waals surface area contributed by atoms with E-state index in [4.69, 9.17) is 4.74 Å². The van der Waals surface area contributed by atoms with Crippen LogP contribution >= 0.6 is 0 Å². The van der Waals surface area contributed by atoms with E-state index in [0.29, 0.717) is 24.8 Å². The van der Waals surface area contributed by atoms with Crippen LogP contribution in [0.2, 0.25) is 0 Å². The summed E-state index contributed by atoms with van der Waals surface area (Å²) in [5.41, 5.74) is 0.820. The molecule has 2 aromatic rings. The minimum atomic E-state index is -0.254. The van der Waals surface area contributed by atoms with E-state index in [0.717, 1.165) is 12.0 Å². The Morgan fingerprint density at radius 1 is 1.26 bits per heavy atom. The molecule has 2 N–H and O–H groups in total. The van der Waals surface area contributed by atoms with Gasteiger partial charge >= 0.3 is 0 Å². The summed E-state index contributed by atoms with van der Waals surface area (Å²) in [5.74, 6) is 0.376. The number of H-pyrrole nitrogens is 1. The SMILES string of the molecule is COCCCNc1nnc(-c2ccccc2)c(=O)[nH]1. The highest BCUT2D eigenvalue weighted by Crippen LogP contribution is 2.10. The van der Waals surface area contributed by atoms with Gasteiger partial charge in [0.2, 0.25) is 5.95 Å². The second-order valence-corrected chi connectivity index (χ2v) is 3.99. The maximum atomic E-state index is 11.9. The summed E-state index contributed by atoms with van der Waals surface area (Å²) in [6, 6.07) is 9.24. The third-order valence-corrected chi connectivity index (χ3v) is 2.56. The minimum Gasteiger partial charge on any atom is -0.385 e. The summed E-state index contributed by atoms with van der Waals surface area (Å²) in [4.78, 5) is 14.6. The van der Waals surface area contributed by atoms with Crippen LogP contribution in [-0.2, 0) is 4.74 Å². The summed E-state index contributed by atoms with van der Waals surface area (Å²) >= 11 is 0. The predicted octanol–water partition coefficient (Wildman–Crippen LogP) is 1.28. The molecule has 100 valence electrons. The molecule has 0 fully saturated rings. The Bertz CT molecular complexity index is 568. The van der Waals surface area contributed by atoms with Gasteiger partial charge in [0.25, 0.3) is 5.56 Å². The molecule has 0 saturated carbocycles. The van der Waals surface area contributed by atoms with Crippen LogP contribution in [0.5, 0.6) is 0 Å². The first-order valence-electron chi connectivity index (χ1n) is 6.06. The van der Waals surface area contributed by atoms with Gasteiger partial charge in [0.05, 0.1) is 0 Å². The van der Waals surface area contributed by atoms with Gasteiger partial charge in [-0.25, -0.2) is 0 Å². The van der Waals surface area contributed by atoms with E-state index >= 15 is 0 Å². The predicted molar refractivity (Wildman–Crippen MR) is 73.1 cm³/mol.